The third-order valence-electron chi connectivity index (χ3n) is 7.04. The zero-order valence-corrected chi connectivity index (χ0v) is 22.8. The number of carbonyl (C=O) groups is 1. The van der Waals surface area contributed by atoms with Gasteiger partial charge in [-0.15, -0.1) is 0 Å². The molecule has 0 aliphatic heterocycles. The number of fused-ring (bicyclic) bond motifs is 1. The van der Waals surface area contributed by atoms with Crippen LogP contribution in [0, 0.1) is 5.92 Å². The van der Waals surface area contributed by atoms with Crippen molar-refractivity contribution < 1.29 is 9.53 Å². The fourth-order valence-electron chi connectivity index (χ4n) is 4.81. The van der Waals surface area contributed by atoms with Gasteiger partial charge in [-0.25, -0.2) is 4.98 Å². The standard InChI is InChI=1S/C31H45N3O2/c1-5-25(6-2)31(35)32-21-13-7-8-20-30-33-27-17-10-11-18-28(27)34(30)22-14-15-23-36-29-19-12-9-16-26(29)24(3)4/h9-12,16-19,24-25H,5-8,13-15,20-23H2,1-4H3,(H,32,35). The molecule has 196 valence electrons. The van der Waals surface area contributed by atoms with E-state index in [4.69, 9.17) is 9.72 Å². The van der Waals surface area contributed by atoms with E-state index in [1.807, 2.05) is 6.07 Å². The van der Waals surface area contributed by atoms with Crippen molar-refractivity contribution >= 4 is 16.9 Å². The fourth-order valence-corrected chi connectivity index (χ4v) is 4.81. The molecule has 1 aromatic heterocycles. The third kappa shape index (κ3) is 7.84. The molecule has 0 saturated heterocycles. The van der Waals surface area contributed by atoms with Gasteiger partial charge in [0.2, 0.25) is 5.91 Å². The van der Waals surface area contributed by atoms with Crippen molar-refractivity contribution in [3.63, 3.8) is 0 Å². The van der Waals surface area contributed by atoms with E-state index in [1.54, 1.807) is 0 Å². The lowest BCUT2D eigenvalue weighted by atomic mass is 10.0. The van der Waals surface area contributed by atoms with E-state index < -0.39 is 0 Å². The Morgan fingerprint density at radius 3 is 2.47 bits per heavy atom. The van der Waals surface area contributed by atoms with Crippen molar-refractivity contribution in [3.8, 4) is 5.75 Å². The molecule has 36 heavy (non-hydrogen) atoms. The molecule has 1 amide bonds. The maximum Gasteiger partial charge on any atom is 0.223 e. The van der Waals surface area contributed by atoms with Gasteiger partial charge in [0.05, 0.1) is 17.6 Å². The van der Waals surface area contributed by atoms with Gasteiger partial charge in [0, 0.05) is 25.4 Å². The summed E-state index contributed by atoms with van der Waals surface area (Å²) in [5.41, 5.74) is 3.57. The molecule has 0 bridgehead atoms. The lowest BCUT2D eigenvalue weighted by molar-refractivity contribution is -0.125. The molecule has 3 aromatic rings. The van der Waals surface area contributed by atoms with Crippen molar-refractivity contribution in [2.24, 2.45) is 5.92 Å². The van der Waals surface area contributed by atoms with Gasteiger partial charge in [0.25, 0.3) is 0 Å². The first-order chi connectivity index (χ1) is 17.5. The van der Waals surface area contributed by atoms with Gasteiger partial charge in [-0.1, -0.05) is 64.4 Å². The van der Waals surface area contributed by atoms with E-state index in [0.717, 1.165) is 82.3 Å². The lowest BCUT2D eigenvalue weighted by Gasteiger charge is -2.14. The van der Waals surface area contributed by atoms with Crippen LogP contribution in [0.3, 0.4) is 0 Å². The molecule has 0 spiro atoms. The Morgan fingerprint density at radius 1 is 0.944 bits per heavy atom. The molecular formula is C31H45N3O2. The highest BCUT2D eigenvalue weighted by Crippen LogP contribution is 2.26. The topological polar surface area (TPSA) is 56.2 Å². The molecular weight excluding hydrogens is 446 g/mol. The summed E-state index contributed by atoms with van der Waals surface area (Å²) in [6.07, 6.45) is 8.04. The van der Waals surface area contributed by atoms with Crippen LogP contribution in [-0.4, -0.2) is 28.6 Å². The maximum atomic E-state index is 12.1. The molecule has 0 aliphatic rings. The number of imidazole rings is 1. The van der Waals surface area contributed by atoms with E-state index >= 15 is 0 Å². The Kier molecular flexibility index (Phi) is 11.3. The average molecular weight is 492 g/mol. The van der Waals surface area contributed by atoms with Gasteiger partial charge in [-0.05, 0) is 68.2 Å². The summed E-state index contributed by atoms with van der Waals surface area (Å²) in [5.74, 6) is 3.00. The third-order valence-corrected chi connectivity index (χ3v) is 7.04. The highest BCUT2D eigenvalue weighted by molar-refractivity contribution is 5.78. The van der Waals surface area contributed by atoms with Gasteiger partial charge >= 0.3 is 0 Å². The number of ether oxygens (including phenoxy) is 1. The van der Waals surface area contributed by atoms with Crippen LogP contribution in [0.5, 0.6) is 5.75 Å². The van der Waals surface area contributed by atoms with Gasteiger partial charge in [-0.3, -0.25) is 4.79 Å². The molecule has 3 rings (SSSR count). The summed E-state index contributed by atoms with van der Waals surface area (Å²) >= 11 is 0. The first-order valence-electron chi connectivity index (χ1n) is 14.0. The molecule has 0 atom stereocenters. The quantitative estimate of drug-likeness (QED) is 0.214. The van der Waals surface area contributed by atoms with Gasteiger partial charge < -0.3 is 14.6 Å². The molecule has 0 unspecified atom stereocenters. The van der Waals surface area contributed by atoms with Crippen LogP contribution in [-0.2, 0) is 17.8 Å². The summed E-state index contributed by atoms with van der Waals surface area (Å²) in [5, 5.41) is 3.11. The van der Waals surface area contributed by atoms with Crippen molar-refractivity contribution in [2.75, 3.05) is 13.2 Å². The second-order valence-electron chi connectivity index (χ2n) is 10.0. The molecule has 0 aliphatic carbocycles. The number of amides is 1. The van der Waals surface area contributed by atoms with Gasteiger partial charge in [0.1, 0.15) is 11.6 Å². The number of nitrogens with zero attached hydrogens (tertiary/aromatic N) is 2. The number of unbranched alkanes of at least 4 members (excludes halogenated alkanes) is 3. The van der Waals surface area contributed by atoms with Crippen molar-refractivity contribution in [1.29, 1.82) is 0 Å². The zero-order chi connectivity index (χ0) is 25.8. The summed E-state index contributed by atoms with van der Waals surface area (Å²) in [4.78, 5) is 17.1. The Bertz CT molecular complexity index is 1070. The first kappa shape index (κ1) is 27.8. The largest absolute Gasteiger partial charge is 0.493 e. The SMILES string of the molecule is CCC(CC)C(=O)NCCCCCc1nc2ccccc2n1CCCCOc1ccccc1C(C)C. The van der Waals surface area contributed by atoms with E-state index in [2.05, 4.69) is 80.0 Å². The maximum absolute atomic E-state index is 12.1. The number of aromatic nitrogens is 2. The lowest BCUT2D eigenvalue weighted by Crippen LogP contribution is -2.30. The summed E-state index contributed by atoms with van der Waals surface area (Å²) in [7, 11) is 0. The molecule has 0 saturated carbocycles. The minimum atomic E-state index is 0.153. The molecule has 1 heterocycles. The number of carbonyl (C=O) groups excluding carboxylic acids is 1. The molecule has 1 N–H and O–H groups in total. The highest BCUT2D eigenvalue weighted by atomic mass is 16.5. The minimum Gasteiger partial charge on any atom is -0.493 e. The Morgan fingerprint density at radius 2 is 1.69 bits per heavy atom. The highest BCUT2D eigenvalue weighted by Gasteiger charge is 2.13. The van der Waals surface area contributed by atoms with Crippen LogP contribution in [0.15, 0.2) is 48.5 Å². The van der Waals surface area contributed by atoms with Crippen LogP contribution in [0.4, 0.5) is 0 Å². The van der Waals surface area contributed by atoms with Crippen LogP contribution >= 0.6 is 0 Å². The average Bonchev–Trinajstić information content (AvgIpc) is 3.24. The van der Waals surface area contributed by atoms with E-state index in [0.29, 0.717) is 5.92 Å². The summed E-state index contributed by atoms with van der Waals surface area (Å²) in [6.45, 7) is 11.0. The number of hydrogen-bond acceptors (Lipinski definition) is 3. The fraction of sp³-hybridized carbons (Fsp3) is 0.548. The Hall–Kier alpha value is -2.82. The number of para-hydroxylation sites is 3. The molecule has 2 aromatic carbocycles. The van der Waals surface area contributed by atoms with E-state index in [9.17, 15) is 4.79 Å². The van der Waals surface area contributed by atoms with Gasteiger partial charge in [0.15, 0.2) is 0 Å². The predicted octanol–water partition coefficient (Wildman–Crippen LogP) is 7.28. The second kappa shape index (κ2) is 14.7. The Balaban J connectivity index is 1.46. The number of hydrogen-bond donors (Lipinski definition) is 1. The number of rotatable bonds is 16. The van der Waals surface area contributed by atoms with Crippen molar-refractivity contribution in [3.05, 3.63) is 59.9 Å². The predicted molar refractivity (Wildman–Crippen MR) is 150 cm³/mol. The number of aryl methyl sites for hydroxylation is 2. The van der Waals surface area contributed by atoms with Crippen LogP contribution in [0.2, 0.25) is 0 Å². The first-order valence-corrected chi connectivity index (χ1v) is 14.0. The molecule has 5 heteroatoms. The monoisotopic (exact) mass is 491 g/mol. The Labute approximate surface area is 217 Å². The van der Waals surface area contributed by atoms with Crippen LogP contribution < -0.4 is 10.1 Å². The van der Waals surface area contributed by atoms with Gasteiger partial charge in [-0.2, -0.15) is 0 Å². The molecule has 0 fully saturated rings. The van der Waals surface area contributed by atoms with E-state index in [1.165, 1.54) is 16.9 Å². The summed E-state index contributed by atoms with van der Waals surface area (Å²) in [6, 6.07) is 16.8. The summed E-state index contributed by atoms with van der Waals surface area (Å²) < 4.78 is 8.52. The number of benzene rings is 2. The van der Waals surface area contributed by atoms with Crippen LogP contribution in [0.25, 0.3) is 11.0 Å². The van der Waals surface area contributed by atoms with Crippen molar-refractivity contribution in [2.45, 2.75) is 91.5 Å². The molecule has 0 radical (unpaired) electrons. The smallest absolute Gasteiger partial charge is 0.223 e. The van der Waals surface area contributed by atoms with Crippen molar-refractivity contribution in [1.82, 2.24) is 14.9 Å². The normalized spacial score (nSPS) is 11.5. The zero-order valence-electron chi connectivity index (χ0n) is 22.8. The van der Waals surface area contributed by atoms with Crippen LogP contribution in [0.1, 0.15) is 89.9 Å². The second-order valence-corrected chi connectivity index (χ2v) is 10.0. The minimum absolute atomic E-state index is 0.153. The molecule has 5 nitrogen and oxygen atoms in total. The number of nitrogens with one attached hydrogen (secondary N) is 1. The van der Waals surface area contributed by atoms with E-state index in [-0.39, 0.29) is 11.8 Å².